The summed E-state index contributed by atoms with van der Waals surface area (Å²) in [7, 11) is 3.96. The topological polar surface area (TPSA) is 48.9 Å². The molecule has 1 fully saturated rings. The van der Waals surface area contributed by atoms with Crippen molar-refractivity contribution in [3.8, 4) is 0 Å². The number of benzene rings is 2. The van der Waals surface area contributed by atoms with Gasteiger partial charge in [-0.2, -0.15) is 0 Å². The number of morpholine rings is 1. The molecule has 0 unspecified atom stereocenters. The third-order valence-electron chi connectivity index (χ3n) is 5.21. The lowest BCUT2D eigenvalue weighted by Gasteiger charge is -2.29. The van der Waals surface area contributed by atoms with E-state index in [-0.39, 0.29) is 5.91 Å². The number of aromatic nitrogens is 1. The molecule has 0 N–H and O–H groups in total. The van der Waals surface area contributed by atoms with E-state index in [1.165, 1.54) is 11.3 Å². The lowest BCUT2D eigenvalue weighted by molar-refractivity contribution is 0.0391. The first-order chi connectivity index (χ1) is 14.5. The molecule has 1 saturated heterocycles. The Hall–Kier alpha value is -2.19. The van der Waals surface area contributed by atoms with Crippen LogP contribution in [0.3, 0.4) is 0 Å². The van der Waals surface area contributed by atoms with Crippen LogP contribution in [0.25, 0.3) is 10.2 Å². The average Bonchev–Trinajstić information content (AvgIpc) is 3.20. The monoisotopic (exact) mass is 444 g/mol. The van der Waals surface area contributed by atoms with E-state index in [2.05, 4.69) is 4.90 Å². The Morgan fingerprint density at radius 3 is 2.57 bits per heavy atom. The Morgan fingerprint density at radius 2 is 1.90 bits per heavy atom. The van der Waals surface area contributed by atoms with Crippen LogP contribution in [0.15, 0.2) is 42.5 Å². The van der Waals surface area contributed by atoms with Crippen LogP contribution in [0.2, 0.25) is 5.02 Å². The number of hydrogen-bond acceptors (Lipinski definition) is 6. The van der Waals surface area contributed by atoms with Gasteiger partial charge in [-0.25, -0.2) is 4.98 Å². The summed E-state index contributed by atoms with van der Waals surface area (Å²) in [5, 5.41) is 1.28. The number of rotatable bonds is 6. The highest BCUT2D eigenvalue weighted by atomic mass is 35.5. The maximum atomic E-state index is 13.5. The molecular weight excluding hydrogens is 420 g/mol. The van der Waals surface area contributed by atoms with Crippen molar-refractivity contribution in [2.24, 2.45) is 0 Å². The van der Waals surface area contributed by atoms with Crippen LogP contribution in [0.5, 0.6) is 0 Å². The number of thiazole rings is 1. The van der Waals surface area contributed by atoms with Gasteiger partial charge in [-0.15, -0.1) is 0 Å². The number of carbonyl (C=O) groups is 1. The van der Waals surface area contributed by atoms with Crippen molar-refractivity contribution in [3.05, 3.63) is 53.1 Å². The van der Waals surface area contributed by atoms with Gasteiger partial charge in [-0.05, 0) is 36.4 Å². The number of halogens is 1. The van der Waals surface area contributed by atoms with Crippen molar-refractivity contribution in [2.75, 3.05) is 63.3 Å². The van der Waals surface area contributed by atoms with Crippen molar-refractivity contribution < 1.29 is 9.53 Å². The number of ether oxygens (including phenoxy) is 1. The van der Waals surface area contributed by atoms with Gasteiger partial charge in [-0.1, -0.05) is 29.0 Å². The Morgan fingerprint density at radius 1 is 1.17 bits per heavy atom. The first-order valence-electron chi connectivity index (χ1n) is 9.97. The van der Waals surface area contributed by atoms with Gasteiger partial charge in [0.15, 0.2) is 5.13 Å². The molecule has 3 aromatic rings. The van der Waals surface area contributed by atoms with Crippen molar-refractivity contribution in [3.63, 3.8) is 0 Å². The van der Waals surface area contributed by atoms with E-state index in [0.717, 1.165) is 48.8 Å². The quantitative estimate of drug-likeness (QED) is 0.575. The standard InChI is InChI=1S/C22H25ClN4O2S/c1-25(2)17-8-6-16(7-9-17)21(28)27(11-10-26-12-14-29-15-13-26)22-24-20-18(23)4-3-5-19(20)30-22/h3-9H,10-15H2,1-2H3. The second kappa shape index (κ2) is 9.31. The van der Waals surface area contributed by atoms with Crippen molar-refractivity contribution in [2.45, 2.75) is 0 Å². The van der Waals surface area contributed by atoms with Gasteiger partial charge in [0.25, 0.3) is 5.91 Å². The highest BCUT2D eigenvalue weighted by molar-refractivity contribution is 7.22. The molecule has 2 aromatic carbocycles. The van der Waals surface area contributed by atoms with Crippen LogP contribution in [-0.2, 0) is 4.74 Å². The van der Waals surface area contributed by atoms with Crippen LogP contribution >= 0.6 is 22.9 Å². The third kappa shape index (κ3) is 4.59. The van der Waals surface area contributed by atoms with Crippen LogP contribution < -0.4 is 9.80 Å². The maximum Gasteiger partial charge on any atom is 0.260 e. The largest absolute Gasteiger partial charge is 0.379 e. The zero-order valence-corrected chi connectivity index (χ0v) is 18.7. The minimum atomic E-state index is -0.0521. The molecule has 8 heteroatoms. The molecule has 0 atom stereocenters. The Bertz CT molecular complexity index is 1020. The van der Waals surface area contributed by atoms with Gasteiger partial charge in [0, 0.05) is 51.5 Å². The van der Waals surface area contributed by atoms with Crippen molar-refractivity contribution in [1.29, 1.82) is 0 Å². The molecule has 158 valence electrons. The second-order valence-corrected chi connectivity index (χ2v) is 8.85. The van der Waals surface area contributed by atoms with Gasteiger partial charge < -0.3 is 9.64 Å². The molecule has 1 amide bonds. The number of para-hydroxylation sites is 1. The van der Waals surface area contributed by atoms with Crippen LogP contribution in [0.1, 0.15) is 10.4 Å². The fourth-order valence-corrected chi connectivity index (χ4v) is 4.72. The van der Waals surface area contributed by atoms with Crippen LogP contribution in [0, 0.1) is 0 Å². The zero-order valence-electron chi connectivity index (χ0n) is 17.2. The minimum Gasteiger partial charge on any atom is -0.379 e. The lowest BCUT2D eigenvalue weighted by Crippen LogP contribution is -2.43. The van der Waals surface area contributed by atoms with Crippen LogP contribution in [-0.4, -0.2) is 69.3 Å². The molecule has 1 aliphatic heterocycles. The third-order valence-corrected chi connectivity index (χ3v) is 6.56. The highest BCUT2D eigenvalue weighted by Crippen LogP contribution is 2.33. The number of nitrogens with zero attached hydrogens (tertiary/aromatic N) is 4. The number of amides is 1. The summed E-state index contributed by atoms with van der Waals surface area (Å²) in [6.07, 6.45) is 0. The second-order valence-electron chi connectivity index (χ2n) is 7.44. The van der Waals surface area contributed by atoms with Gasteiger partial charge >= 0.3 is 0 Å². The highest BCUT2D eigenvalue weighted by Gasteiger charge is 2.23. The minimum absolute atomic E-state index is 0.0521. The van der Waals surface area contributed by atoms with Gasteiger partial charge in [0.2, 0.25) is 0 Å². The summed E-state index contributed by atoms with van der Waals surface area (Å²) in [6.45, 7) is 4.56. The molecule has 1 aliphatic rings. The Labute approximate surface area is 185 Å². The predicted molar refractivity (Wildman–Crippen MR) is 124 cm³/mol. The van der Waals surface area contributed by atoms with E-state index in [4.69, 9.17) is 21.3 Å². The van der Waals surface area contributed by atoms with Crippen LogP contribution in [0.4, 0.5) is 10.8 Å². The summed E-state index contributed by atoms with van der Waals surface area (Å²) in [6, 6.07) is 13.4. The molecular formula is C22H25ClN4O2S. The molecule has 30 heavy (non-hydrogen) atoms. The SMILES string of the molecule is CN(C)c1ccc(C(=O)N(CCN2CCOCC2)c2nc3c(Cl)cccc3s2)cc1. The van der Waals surface area contributed by atoms with E-state index < -0.39 is 0 Å². The number of hydrogen-bond donors (Lipinski definition) is 0. The summed E-state index contributed by atoms with van der Waals surface area (Å²) < 4.78 is 6.42. The fraction of sp³-hybridized carbons (Fsp3) is 0.364. The van der Waals surface area contributed by atoms with E-state index in [0.29, 0.717) is 22.3 Å². The molecule has 0 saturated carbocycles. The average molecular weight is 445 g/mol. The number of anilines is 2. The van der Waals surface area contributed by atoms with Gasteiger partial charge in [0.1, 0.15) is 5.52 Å². The summed E-state index contributed by atoms with van der Waals surface area (Å²) in [4.78, 5) is 24.3. The molecule has 0 radical (unpaired) electrons. The normalized spacial score (nSPS) is 14.8. The van der Waals surface area contributed by atoms with Gasteiger partial charge in [-0.3, -0.25) is 14.6 Å². The van der Waals surface area contributed by atoms with Crippen molar-refractivity contribution in [1.82, 2.24) is 9.88 Å². The van der Waals surface area contributed by atoms with Crippen molar-refractivity contribution >= 4 is 49.9 Å². The van der Waals surface area contributed by atoms with E-state index >= 15 is 0 Å². The molecule has 0 bridgehead atoms. The summed E-state index contributed by atoms with van der Waals surface area (Å²) in [5.74, 6) is -0.0521. The molecule has 2 heterocycles. The number of carbonyl (C=O) groups excluding carboxylic acids is 1. The smallest absolute Gasteiger partial charge is 0.260 e. The molecule has 6 nitrogen and oxygen atoms in total. The number of fused-ring (bicyclic) bond motifs is 1. The summed E-state index contributed by atoms with van der Waals surface area (Å²) in [5.41, 5.74) is 2.44. The molecule has 0 aliphatic carbocycles. The van der Waals surface area contributed by atoms with E-state index in [9.17, 15) is 4.79 Å². The predicted octanol–water partition coefficient (Wildman–Crippen LogP) is 3.99. The Balaban J connectivity index is 1.63. The fourth-order valence-electron chi connectivity index (χ4n) is 3.43. The molecule has 0 spiro atoms. The summed E-state index contributed by atoms with van der Waals surface area (Å²) >= 11 is 7.83. The molecule has 4 rings (SSSR count). The maximum absolute atomic E-state index is 13.5. The zero-order chi connectivity index (χ0) is 21.1. The van der Waals surface area contributed by atoms with E-state index in [1.54, 1.807) is 4.90 Å². The van der Waals surface area contributed by atoms with Gasteiger partial charge in [0.05, 0.1) is 22.9 Å². The lowest BCUT2D eigenvalue weighted by atomic mass is 10.1. The first-order valence-corrected chi connectivity index (χ1v) is 11.2. The Kier molecular flexibility index (Phi) is 6.53. The van der Waals surface area contributed by atoms with E-state index in [1.807, 2.05) is 61.5 Å². The first kappa shape index (κ1) is 21.1. The molecule has 1 aromatic heterocycles.